The van der Waals surface area contributed by atoms with Crippen molar-refractivity contribution in [3.63, 3.8) is 0 Å². The molecule has 0 spiro atoms. The second-order valence-corrected chi connectivity index (χ2v) is 10.3. The Hall–Kier alpha value is -5.54. The number of benzene rings is 5. The molecule has 0 N–H and O–H groups in total. The Morgan fingerprint density at radius 3 is 2.07 bits per heavy atom. The average molecular weight is 524 g/mol. The van der Waals surface area contributed by atoms with Crippen molar-refractivity contribution >= 4 is 32.6 Å². The average Bonchev–Trinajstić information content (AvgIpc) is 3.39. The third-order valence-corrected chi connectivity index (χ3v) is 7.87. The van der Waals surface area contributed by atoms with Crippen LogP contribution in [0.4, 0.5) is 0 Å². The lowest BCUT2D eigenvalue weighted by atomic mass is 10.0. The van der Waals surface area contributed by atoms with Gasteiger partial charge in [-0.2, -0.15) is 0 Å². The monoisotopic (exact) mass is 523 g/mol. The van der Waals surface area contributed by atoms with Crippen LogP contribution in [0.2, 0.25) is 0 Å². The summed E-state index contributed by atoms with van der Waals surface area (Å²) in [5.41, 5.74) is 9.88. The van der Waals surface area contributed by atoms with E-state index in [1.165, 1.54) is 27.2 Å². The van der Waals surface area contributed by atoms with Gasteiger partial charge < -0.3 is 4.57 Å². The summed E-state index contributed by atoms with van der Waals surface area (Å²) in [4.78, 5) is 9.55. The van der Waals surface area contributed by atoms with Crippen LogP contribution in [0.5, 0.6) is 0 Å². The molecule has 0 bridgehead atoms. The second-order valence-electron chi connectivity index (χ2n) is 10.3. The Bertz CT molecular complexity index is 2210. The van der Waals surface area contributed by atoms with Crippen molar-refractivity contribution in [2.75, 3.05) is 0 Å². The van der Waals surface area contributed by atoms with Crippen LogP contribution in [0.25, 0.3) is 71.9 Å². The lowest BCUT2D eigenvalue weighted by Crippen LogP contribution is -1.95. The summed E-state index contributed by atoms with van der Waals surface area (Å²) in [6.07, 6.45) is 3.86. The van der Waals surface area contributed by atoms with Gasteiger partial charge in [0.1, 0.15) is 0 Å². The minimum absolute atomic E-state index is 0.954. The number of pyridine rings is 2. The van der Waals surface area contributed by atoms with Gasteiger partial charge in [0.15, 0.2) is 0 Å². The molecular weight excluding hydrogens is 498 g/mol. The summed E-state index contributed by atoms with van der Waals surface area (Å²) < 4.78 is 2.36. The number of hydrogen-bond donors (Lipinski definition) is 0. The molecule has 0 unspecified atom stereocenters. The molecule has 0 aliphatic heterocycles. The molecule has 0 aliphatic rings. The molecule has 8 rings (SSSR count). The molecule has 3 heteroatoms. The van der Waals surface area contributed by atoms with Gasteiger partial charge >= 0.3 is 0 Å². The van der Waals surface area contributed by atoms with Crippen LogP contribution >= 0.6 is 0 Å². The predicted octanol–water partition coefficient (Wildman–Crippen LogP) is 9.73. The molecule has 0 fully saturated rings. The molecular formula is C38H25N3. The van der Waals surface area contributed by atoms with Crippen LogP contribution in [0, 0.1) is 0 Å². The molecule has 3 aromatic heterocycles. The van der Waals surface area contributed by atoms with E-state index in [1.54, 1.807) is 0 Å². The summed E-state index contributed by atoms with van der Waals surface area (Å²) in [6.45, 7) is 0. The Kier molecular flexibility index (Phi) is 5.46. The van der Waals surface area contributed by atoms with Crippen molar-refractivity contribution in [2.24, 2.45) is 0 Å². The number of hydrogen-bond acceptors (Lipinski definition) is 2. The quantitative estimate of drug-likeness (QED) is 0.230. The molecule has 41 heavy (non-hydrogen) atoms. The van der Waals surface area contributed by atoms with Crippen LogP contribution in [0.15, 0.2) is 152 Å². The zero-order chi connectivity index (χ0) is 27.2. The Morgan fingerprint density at radius 1 is 0.415 bits per heavy atom. The van der Waals surface area contributed by atoms with Crippen molar-refractivity contribution < 1.29 is 0 Å². The number of para-hydroxylation sites is 1. The molecule has 5 aromatic carbocycles. The van der Waals surface area contributed by atoms with Crippen molar-refractivity contribution in [3.05, 3.63) is 152 Å². The van der Waals surface area contributed by atoms with Gasteiger partial charge in [-0.3, -0.25) is 9.97 Å². The molecule has 0 saturated heterocycles. The standard InChI is InChI=1S/C38H25N3/c1-2-9-26(10-3-1)28-19-20-39-35(23-28)29-13-8-14-32(21-29)41-37-16-7-6-15-33(37)34-18-17-30(24-38(34)41)36-22-27-11-4-5-12-31(27)25-40-36/h1-25H. The van der Waals surface area contributed by atoms with Gasteiger partial charge in [-0.15, -0.1) is 0 Å². The van der Waals surface area contributed by atoms with Gasteiger partial charge in [0.25, 0.3) is 0 Å². The smallest absolute Gasteiger partial charge is 0.0709 e. The van der Waals surface area contributed by atoms with Crippen LogP contribution in [-0.4, -0.2) is 14.5 Å². The van der Waals surface area contributed by atoms with E-state index in [0.717, 1.165) is 44.7 Å². The highest BCUT2D eigenvalue weighted by atomic mass is 15.0. The number of rotatable bonds is 4. The maximum Gasteiger partial charge on any atom is 0.0709 e. The fourth-order valence-corrected chi connectivity index (χ4v) is 5.85. The lowest BCUT2D eigenvalue weighted by Gasteiger charge is -2.11. The third-order valence-electron chi connectivity index (χ3n) is 7.87. The fraction of sp³-hybridized carbons (Fsp3) is 0. The summed E-state index contributed by atoms with van der Waals surface area (Å²) in [7, 11) is 0. The van der Waals surface area contributed by atoms with Crippen molar-refractivity contribution in [3.8, 4) is 39.3 Å². The first kappa shape index (κ1) is 23.4. The Morgan fingerprint density at radius 2 is 1.15 bits per heavy atom. The topological polar surface area (TPSA) is 30.7 Å². The predicted molar refractivity (Wildman–Crippen MR) is 170 cm³/mol. The molecule has 0 amide bonds. The van der Waals surface area contributed by atoms with Crippen molar-refractivity contribution in [2.45, 2.75) is 0 Å². The minimum Gasteiger partial charge on any atom is -0.309 e. The molecule has 192 valence electrons. The van der Waals surface area contributed by atoms with Crippen LogP contribution in [-0.2, 0) is 0 Å². The van der Waals surface area contributed by atoms with E-state index in [1.807, 2.05) is 18.5 Å². The van der Waals surface area contributed by atoms with Gasteiger partial charge in [-0.1, -0.05) is 97.1 Å². The molecule has 8 aromatic rings. The summed E-state index contributed by atoms with van der Waals surface area (Å²) in [6, 6.07) is 49.2. The number of fused-ring (bicyclic) bond motifs is 4. The van der Waals surface area contributed by atoms with E-state index >= 15 is 0 Å². The van der Waals surface area contributed by atoms with E-state index in [2.05, 4.69) is 138 Å². The highest BCUT2D eigenvalue weighted by Crippen LogP contribution is 2.36. The van der Waals surface area contributed by atoms with E-state index in [4.69, 9.17) is 9.97 Å². The maximum absolute atomic E-state index is 4.81. The largest absolute Gasteiger partial charge is 0.309 e. The van der Waals surface area contributed by atoms with Crippen molar-refractivity contribution in [1.82, 2.24) is 14.5 Å². The highest BCUT2D eigenvalue weighted by molar-refractivity contribution is 6.10. The molecule has 0 atom stereocenters. The van der Waals surface area contributed by atoms with E-state index in [9.17, 15) is 0 Å². The lowest BCUT2D eigenvalue weighted by molar-refractivity contribution is 1.18. The normalized spacial score (nSPS) is 11.4. The highest BCUT2D eigenvalue weighted by Gasteiger charge is 2.15. The van der Waals surface area contributed by atoms with Gasteiger partial charge in [-0.25, -0.2) is 0 Å². The Labute approximate surface area is 238 Å². The molecule has 3 heterocycles. The van der Waals surface area contributed by atoms with Crippen LogP contribution < -0.4 is 0 Å². The maximum atomic E-state index is 4.81. The second kappa shape index (κ2) is 9.58. The SMILES string of the molecule is c1ccc(-c2ccnc(-c3cccc(-n4c5ccccc5c5ccc(-c6cc7ccccc7cn6)cc54)c3)c2)cc1. The Balaban J connectivity index is 1.30. The van der Waals surface area contributed by atoms with Crippen molar-refractivity contribution in [1.29, 1.82) is 0 Å². The van der Waals surface area contributed by atoms with Gasteiger partial charge in [0, 0.05) is 45.4 Å². The molecule has 0 radical (unpaired) electrons. The molecule has 0 saturated carbocycles. The first-order chi connectivity index (χ1) is 20.3. The summed E-state index contributed by atoms with van der Waals surface area (Å²) in [5.74, 6) is 0. The van der Waals surface area contributed by atoms with E-state index < -0.39 is 0 Å². The number of aromatic nitrogens is 3. The zero-order valence-corrected chi connectivity index (χ0v) is 22.3. The van der Waals surface area contributed by atoms with Crippen LogP contribution in [0.3, 0.4) is 0 Å². The zero-order valence-electron chi connectivity index (χ0n) is 22.3. The molecule has 0 aliphatic carbocycles. The van der Waals surface area contributed by atoms with Gasteiger partial charge in [0.05, 0.1) is 22.4 Å². The van der Waals surface area contributed by atoms with Crippen LogP contribution in [0.1, 0.15) is 0 Å². The summed E-state index contributed by atoms with van der Waals surface area (Å²) >= 11 is 0. The molecule has 3 nitrogen and oxygen atoms in total. The van der Waals surface area contributed by atoms with Gasteiger partial charge in [-0.05, 0) is 59.0 Å². The third kappa shape index (κ3) is 4.07. The fourth-order valence-electron chi connectivity index (χ4n) is 5.85. The first-order valence-electron chi connectivity index (χ1n) is 13.8. The first-order valence-corrected chi connectivity index (χ1v) is 13.8. The minimum atomic E-state index is 0.954. The van der Waals surface area contributed by atoms with Gasteiger partial charge in [0.2, 0.25) is 0 Å². The summed E-state index contributed by atoms with van der Waals surface area (Å²) in [5, 5.41) is 4.79. The van der Waals surface area contributed by atoms with E-state index in [-0.39, 0.29) is 0 Å². The number of nitrogens with zero attached hydrogens (tertiary/aromatic N) is 3. The van der Waals surface area contributed by atoms with E-state index in [0.29, 0.717) is 0 Å².